The van der Waals surface area contributed by atoms with Gasteiger partial charge in [-0.1, -0.05) is 42.7 Å². The molecular weight excluding hydrogens is 317 g/mol. The third kappa shape index (κ3) is 4.09. The summed E-state index contributed by atoms with van der Waals surface area (Å²) < 4.78 is 76.7. The molecule has 0 aliphatic rings. The molecule has 2 aromatic rings. The largest absolute Gasteiger partial charge is 0.416 e. The van der Waals surface area contributed by atoms with Crippen molar-refractivity contribution in [1.29, 1.82) is 0 Å². The van der Waals surface area contributed by atoms with Crippen LogP contribution in [0.25, 0.3) is 0 Å². The lowest BCUT2D eigenvalue weighted by molar-refractivity contribution is -0.138. The zero-order valence-corrected chi connectivity index (χ0v) is 11.7. The topological polar surface area (TPSA) is 0 Å². The summed E-state index contributed by atoms with van der Waals surface area (Å²) in [5.74, 6) is -0.750. The summed E-state index contributed by atoms with van der Waals surface area (Å²) in [5.41, 5.74) is -1.27. The summed E-state index contributed by atoms with van der Waals surface area (Å²) in [5, 5.41) is 0. The molecule has 0 aliphatic carbocycles. The highest BCUT2D eigenvalue weighted by atomic mass is 19.4. The van der Waals surface area contributed by atoms with Crippen molar-refractivity contribution >= 4 is 7.85 Å². The predicted molar refractivity (Wildman–Crippen MR) is 75.3 cm³/mol. The van der Waals surface area contributed by atoms with Crippen molar-refractivity contribution in [2.75, 3.05) is 0 Å². The maximum Gasteiger partial charge on any atom is 0.416 e. The average molecular weight is 328 g/mol. The highest BCUT2D eigenvalue weighted by Crippen LogP contribution is 2.36. The number of rotatable bonds is 3. The van der Waals surface area contributed by atoms with E-state index in [2.05, 4.69) is 0 Å². The Hall–Kier alpha value is -1.92. The molecule has 2 radical (unpaired) electrons. The molecule has 7 heteroatoms. The molecule has 2 aromatic carbocycles. The van der Waals surface area contributed by atoms with Crippen LogP contribution in [-0.4, -0.2) is 7.85 Å². The number of alkyl halides is 6. The standard InChI is InChI=1S/C16H11BF6/c17-9-14(10-3-1-5-12(7-10)15(18,19)20)11-4-2-6-13(8-11)16(21,22)23/h1-8,14H,9H2. The quantitative estimate of drug-likeness (QED) is 0.520. The Morgan fingerprint density at radius 2 is 1.13 bits per heavy atom. The molecule has 0 heterocycles. The van der Waals surface area contributed by atoms with Crippen molar-refractivity contribution in [2.24, 2.45) is 0 Å². The molecule has 0 N–H and O–H groups in total. The number of hydrogen-bond donors (Lipinski definition) is 0. The molecule has 0 bridgehead atoms. The molecule has 120 valence electrons. The molecule has 0 aromatic heterocycles. The SMILES string of the molecule is [B]CC(c1cccc(C(F)(F)F)c1)c1cccc(C(F)(F)F)c1. The molecule has 0 atom stereocenters. The van der Waals surface area contributed by atoms with Crippen LogP contribution in [0.4, 0.5) is 26.3 Å². The fraction of sp³-hybridized carbons (Fsp3) is 0.250. The van der Waals surface area contributed by atoms with E-state index in [9.17, 15) is 26.3 Å². The third-order valence-electron chi connectivity index (χ3n) is 3.47. The summed E-state index contributed by atoms with van der Waals surface area (Å²) in [4.78, 5) is 0. The van der Waals surface area contributed by atoms with E-state index < -0.39 is 29.4 Å². The molecule has 0 saturated heterocycles. The van der Waals surface area contributed by atoms with Gasteiger partial charge in [0.15, 0.2) is 0 Å². The molecule has 0 nitrogen and oxygen atoms in total. The molecule has 0 aliphatic heterocycles. The van der Waals surface area contributed by atoms with Crippen molar-refractivity contribution in [3.8, 4) is 0 Å². The van der Waals surface area contributed by atoms with Crippen LogP contribution in [0.5, 0.6) is 0 Å². The first kappa shape index (κ1) is 17.4. The zero-order chi connectivity index (χ0) is 17.3. The summed E-state index contributed by atoms with van der Waals surface area (Å²) in [6.07, 6.45) is -9.16. The van der Waals surface area contributed by atoms with Crippen molar-refractivity contribution < 1.29 is 26.3 Å². The van der Waals surface area contributed by atoms with Crippen LogP contribution in [0, 0.1) is 0 Å². The van der Waals surface area contributed by atoms with Gasteiger partial charge < -0.3 is 0 Å². The second-order valence-electron chi connectivity index (χ2n) is 5.03. The van der Waals surface area contributed by atoms with Crippen LogP contribution >= 0.6 is 0 Å². The Morgan fingerprint density at radius 3 is 1.43 bits per heavy atom. The lowest BCUT2D eigenvalue weighted by Gasteiger charge is -2.19. The van der Waals surface area contributed by atoms with Crippen molar-refractivity contribution in [3.05, 3.63) is 70.8 Å². The molecular formula is C16H11BF6. The Balaban J connectivity index is 2.45. The molecule has 0 spiro atoms. The average Bonchev–Trinajstić information content (AvgIpc) is 2.47. The minimum Gasteiger partial charge on any atom is -0.166 e. The zero-order valence-electron chi connectivity index (χ0n) is 11.7. The molecule has 2 rings (SSSR count). The van der Waals surface area contributed by atoms with E-state index in [1.165, 1.54) is 24.3 Å². The maximum atomic E-state index is 12.8. The van der Waals surface area contributed by atoms with E-state index in [1.807, 2.05) is 0 Å². The van der Waals surface area contributed by atoms with Crippen LogP contribution < -0.4 is 0 Å². The molecule has 0 unspecified atom stereocenters. The minimum absolute atomic E-state index is 0.109. The lowest BCUT2D eigenvalue weighted by Crippen LogP contribution is -2.09. The van der Waals surface area contributed by atoms with Gasteiger partial charge in [0.1, 0.15) is 0 Å². The van der Waals surface area contributed by atoms with Gasteiger partial charge in [0.2, 0.25) is 0 Å². The van der Waals surface area contributed by atoms with E-state index in [4.69, 9.17) is 7.85 Å². The van der Waals surface area contributed by atoms with Gasteiger partial charge in [-0.15, -0.1) is 0 Å². The highest BCUT2D eigenvalue weighted by Gasteiger charge is 2.32. The van der Waals surface area contributed by atoms with Crippen LogP contribution in [0.2, 0.25) is 6.32 Å². The van der Waals surface area contributed by atoms with Crippen molar-refractivity contribution in [3.63, 3.8) is 0 Å². The van der Waals surface area contributed by atoms with Gasteiger partial charge in [0, 0.05) is 5.92 Å². The van der Waals surface area contributed by atoms with Crippen molar-refractivity contribution in [1.82, 2.24) is 0 Å². The first-order valence-electron chi connectivity index (χ1n) is 6.67. The second-order valence-corrected chi connectivity index (χ2v) is 5.03. The van der Waals surface area contributed by atoms with Gasteiger partial charge in [-0.25, -0.2) is 0 Å². The number of benzene rings is 2. The van der Waals surface area contributed by atoms with E-state index in [-0.39, 0.29) is 17.4 Å². The highest BCUT2D eigenvalue weighted by molar-refractivity contribution is 6.09. The Kier molecular flexibility index (Phi) is 4.77. The third-order valence-corrected chi connectivity index (χ3v) is 3.47. The monoisotopic (exact) mass is 328 g/mol. The minimum atomic E-state index is -4.52. The van der Waals surface area contributed by atoms with E-state index >= 15 is 0 Å². The molecule has 0 fully saturated rings. The predicted octanol–water partition coefficient (Wildman–Crippen LogP) is 5.44. The van der Waals surface area contributed by atoms with Gasteiger partial charge in [-0.05, 0) is 23.3 Å². The maximum absolute atomic E-state index is 12.8. The first-order valence-corrected chi connectivity index (χ1v) is 6.67. The van der Waals surface area contributed by atoms with E-state index in [0.717, 1.165) is 24.3 Å². The normalized spacial score (nSPS) is 12.7. The number of halogens is 6. The second kappa shape index (κ2) is 6.30. The van der Waals surface area contributed by atoms with Crippen LogP contribution in [0.3, 0.4) is 0 Å². The summed E-state index contributed by atoms with van der Waals surface area (Å²) in [6.45, 7) is 0. The van der Waals surface area contributed by atoms with Gasteiger partial charge >= 0.3 is 12.4 Å². The Bertz CT molecular complexity index is 617. The summed E-state index contributed by atoms with van der Waals surface area (Å²) in [6, 6.07) is 8.92. The smallest absolute Gasteiger partial charge is 0.166 e. The number of hydrogen-bond acceptors (Lipinski definition) is 0. The Morgan fingerprint density at radius 1 is 0.739 bits per heavy atom. The van der Waals surface area contributed by atoms with Crippen LogP contribution in [0.15, 0.2) is 48.5 Å². The van der Waals surface area contributed by atoms with E-state index in [1.54, 1.807) is 0 Å². The summed E-state index contributed by atoms with van der Waals surface area (Å²) in [7, 11) is 5.59. The lowest BCUT2D eigenvalue weighted by atomic mass is 9.80. The van der Waals surface area contributed by atoms with E-state index in [0.29, 0.717) is 0 Å². The van der Waals surface area contributed by atoms with Gasteiger partial charge in [-0.2, -0.15) is 26.3 Å². The van der Waals surface area contributed by atoms with Crippen LogP contribution in [0.1, 0.15) is 28.2 Å². The van der Waals surface area contributed by atoms with Gasteiger partial charge in [-0.3, -0.25) is 0 Å². The molecule has 0 amide bonds. The van der Waals surface area contributed by atoms with Crippen molar-refractivity contribution in [2.45, 2.75) is 24.6 Å². The fourth-order valence-corrected chi connectivity index (χ4v) is 2.33. The Labute approximate surface area is 130 Å². The first-order chi connectivity index (χ1) is 10.6. The molecule has 0 saturated carbocycles. The van der Waals surface area contributed by atoms with Crippen LogP contribution in [-0.2, 0) is 12.4 Å². The summed E-state index contributed by atoms with van der Waals surface area (Å²) >= 11 is 0. The van der Waals surface area contributed by atoms with Gasteiger partial charge in [0.05, 0.1) is 19.0 Å². The van der Waals surface area contributed by atoms with Gasteiger partial charge in [0.25, 0.3) is 0 Å². The molecule has 23 heavy (non-hydrogen) atoms. The fourth-order valence-electron chi connectivity index (χ4n) is 2.33.